The van der Waals surface area contributed by atoms with Crippen LogP contribution in [0.25, 0.3) is 22.0 Å². The van der Waals surface area contributed by atoms with Gasteiger partial charge in [0.05, 0.1) is 43.3 Å². The lowest BCUT2D eigenvalue weighted by Crippen LogP contribution is -2.31. The number of aromatic nitrogens is 2. The Labute approximate surface area is 184 Å². The maximum absolute atomic E-state index is 12.8. The van der Waals surface area contributed by atoms with Gasteiger partial charge in [-0.05, 0) is 43.7 Å². The van der Waals surface area contributed by atoms with Crippen LogP contribution >= 0.6 is 0 Å². The largest absolute Gasteiger partial charge is 0.493 e. The normalized spacial score (nSPS) is 12.2. The molecule has 0 aliphatic heterocycles. The number of rotatable bonds is 6. The second-order valence-corrected chi connectivity index (χ2v) is 7.65. The van der Waals surface area contributed by atoms with Gasteiger partial charge in [-0.2, -0.15) is 0 Å². The minimum Gasteiger partial charge on any atom is -0.493 e. The molecule has 0 fully saturated rings. The van der Waals surface area contributed by atoms with Crippen LogP contribution in [-0.2, 0) is 18.3 Å². The van der Waals surface area contributed by atoms with Gasteiger partial charge in [0.2, 0.25) is 11.7 Å². The third-order valence-corrected chi connectivity index (χ3v) is 5.72. The number of benzene rings is 2. The van der Waals surface area contributed by atoms with Gasteiger partial charge in [-0.15, -0.1) is 0 Å². The van der Waals surface area contributed by atoms with Crippen molar-refractivity contribution in [3.05, 3.63) is 63.8 Å². The molecule has 4 rings (SSSR count). The van der Waals surface area contributed by atoms with Crippen LogP contribution in [0.5, 0.6) is 11.5 Å². The molecule has 1 atom stereocenters. The number of hydrogen-bond donors (Lipinski definition) is 1. The van der Waals surface area contributed by atoms with Gasteiger partial charge >= 0.3 is 5.63 Å². The number of carbonyl (C=O) groups excluding carboxylic acids is 1. The average molecular weight is 435 g/mol. The molecule has 2 aromatic carbocycles. The van der Waals surface area contributed by atoms with E-state index in [2.05, 4.69) is 10.3 Å². The summed E-state index contributed by atoms with van der Waals surface area (Å²) < 4.78 is 18.1. The zero-order chi connectivity index (χ0) is 23.0. The van der Waals surface area contributed by atoms with Crippen molar-refractivity contribution in [2.75, 3.05) is 14.2 Å². The highest BCUT2D eigenvalue weighted by molar-refractivity contribution is 5.90. The van der Waals surface area contributed by atoms with Crippen molar-refractivity contribution >= 4 is 27.9 Å². The van der Waals surface area contributed by atoms with E-state index < -0.39 is 5.63 Å². The van der Waals surface area contributed by atoms with E-state index in [1.54, 1.807) is 19.1 Å². The Morgan fingerprint density at radius 3 is 2.62 bits per heavy atom. The lowest BCUT2D eigenvalue weighted by atomic mass is 10.0. The predicted octanol–water partition coefficient (Wildman–Crippen LogP) is 3.43. The average Bonchev–Trinajstić information content (AvgIpc) is 3.12. The highest BCUT2D eigenvalue weighted by atomic mass is 16.5. The van der Waals surface area contributed by atoms with E-state index in [1.807, 2.05) is 42.8 Å². The Hall–Kier alpha value is -3.81. The lowest BCUT2D eigenvalue weighted by molar-refractivity contribution is -0.121. The van der Waals surface area contributed by atoms with Gasteiger partial charge in [0.15, 0.2) is 11.3 Å². The molecule has 0 radical (unpaired) electrons. The maximum Gasteiger partial charge on any atom is 0.340 e. The minimum atomic E-state index is -0.577. The molecule has 0 bridgehead atoms. The van der Waals surface area contributed by atoms with Crippen molar-refractivity contribution in [1.82, 2.24) is 14.9 Å². The number of hydrogen-bond acceptors (Lipinski definition) is 6. The summed E-state index contributed by atoms with van der Waals surface area (Å²) in [5, 5.41) is 3.63. The van der Waals surface area contributed by atoms with Crippen LogP contribution in [0.2, 0.25) is 0 Å². The molecule has 0 spiro atoms. The number of nitrogens with one attached hydrogen (secondary N) is 1. The molecule has 32 heavy (non-hydrogen) atoms. The van der Waals surface area contributed by atoms with E-state index in [-0.39, 0.29) is 18.4 Å². The van der Waals surface area contributed by atoms with Crippen molar-refractivity contribution in [2.24, 2.45) is 7.05 Å². The van der Waals surface area contributed by atoms with Crippen molar-refractivity contribution < 1.29 is 18.7 Å². The van der Waals surface area contributed by atoms with Crippen LogP contribution in [0.15, 0.2) is 45.6 Å². The zero-order valence-corrected chi connectivity index (χ0v) is 18.7. The molecule has 2 aromatic heterocycles. The van der Waals surface area contributed by atoms with E-state index in [4.69, 9.17) is 13.9 Å². The molecule has 1 N–H and O–H groups in total. The topological polar surface area (TPSA) is 95.6 Å². The number of nitrogens with zero attached hydrogens (tertiary/aromatic N) is 2. The smallest absolute Gasteiger partial charge is 0.340 e. The van der Waals surface area contributed by atoms with Gasteiger partial charge in [-0.1, -0.05) is 12.1 Å². The fourth-order valence-electron chi connectivity index (χ4n) is 4.04. The maximum atomic E-state index is 12.8. The molecule has 1 unspecified atom stereocenters. The van der Waals surface area contributed by atoms with Gasteiger partial charge in [0.1, 0.15) is 5.82 Å². The number of methoxy groups -OCH3 is 2. The first-order chi connectivity index (χ1) is 15.3. The summed E-state index contributed by atoms with van der Waals surface area (Å²) in [4.78, 5) is 30.2. The summed E-state index contributed by atoms with van der Waals surface area (Å²) in [6.45, 7) is 3.66. The van der Waals surface area contributed by atoms with Gasteiger partial charge < -0.3 is 23.8 Å². The Bertz CT molecular complexity index is 1390. The van der Waals surface area contributed by atoms with Crippen molar-refractivity contribution in [3.8, 4) is 11.5 Å². The number of fused-ring (bicyclic) bond motifs is 2. The summed E-state index contributed by atoms with van der Waals surface area (Å²) in [5.74, 6) is 1.25. The summed E-state index contributed by atoms with van der Waals surface area (Å²) in [5.41, 5.74) is 2.54. The second-order valence-electron chi connectivity index (χ2n) is 7.65. The number of ether oxygens (including phenoxy) is 2. The molecule has 0 aliphatic carbocycles. The fraction of sp³-hybridized carbons (Fsp3) is 0.292. The van der Waals surface area contributed by atoms with Crippen LogP contribution in [-0.4, -0.2) is 29.7 Å². The molecule has 166 valence electrons. The zero-order valence-electron chi connectivity index (χ0n) is 18.7. The number of para-hydroxylation sites is 2. The Balaban J connectivity index is 1.62. The SMILES string of the molecule is COc1ccc2c(C)c(CC(=O)NC(C)c3nc4ccccc4n3C)c(=O)oc2c1OC. The first-order valence-corrected chi connectivity index (χ1v) is 10.2. The monoisotopic (exact) mass is 435 g/mol. The number of amides is 1. The number of carbonyl (C=O) groups is 1. The molecule has 2 heterocycles. The van der Waals surface area contributed by atoms with Crippen LogP contribution in [0, 0.1) is 6.92 Å². The van der Waals surface area contributed by atoms with Gasteiger partial charge in [0, 0.05) is 12.4 Å². The third-order valence-electron chi connectivity index (χ3n) is 5.72. The summed E-state index contributed by atoms with van der Waals surface area (Å²) >= 11 is 0. The molecule has 4 aromatic rings. The third kappa shape index (κ3) is 3.57. The van der Waals surface area contributed by atoms with E-state index in [0.717, 1.165) is 16.9 Å². The van der Waals surface area contributed by atoms with Crippen LogP contribution in [0.4, 0.5) is 0 Å². The Kier molecular flexibility index (Phi) is 5.61. The van der Waals surface area contributed by atoms with E-state index in [0.29, 0.717) is 33.6 Å². The first kappa shape index (κ1) is 21.4. The Morgan fingerprint density at radius 1 is 1.19 bits per heavy atom. The minimum absolute atomic E-state index is 0.104. The summed E-state index contributed by atoms with van der Waals surface area (Å²) in [6, 6.07) is 11.0. The van der Waals surface area contributed by atoms with Gasteiger partial charge in [0.25, 0.3) is 0 Å². The fourth-order valence-corrected chi connectivity index (χ4v) is 4.04. The van der Waals surface area contributed by atoms with Crippen molar-refractivity contribution in [2.45, 2.75) is 26.3 Å². The molecule has 0 saturated heterocycles. The van der Waals surface area contributed by atoms with Gasteiger partial charge in [-0.25, -0.2) is 9.78 Å². The van der Waals surface area contributed by atoms with Crippen LogP contribution < -0.4 is 20.4 Å². The van der Waals surface area contributed by atoms with Crippen LogP contribution in [0.1, 0.15) is 29.9 Å². The van der Waals surface area contributed by atoms with Crippen molar-refractivity contribution in [1.29, 1.82) is 0 Å². The molecule has 8 heteroatoms. The molecule has 0 aliphatic rings. The predicted molar refractivity (Wildman–Crippen MR) is 121 cm³/mol. The standard InChI is InChI=1S/C24H25N3O5/c1-13-15-10-11-19(30-4)22(31-5)21(15)32-24(29)16(13)12-20(28)25-14(2)23-26-17-8-6-7-9-18(17)27(23)3/h6-11,14H,12H2,1-5H3,(H,25,28). The molecular formula is C24H25N3O5. The van der Waals surface area contributed by atoms with Crippen molar-refractivity contribution in [3.63, 3.8) is 0 Å². The lowest BCUT2D eigenvalue weighted by Gasteiger charge is -2.15. The van der Waals surface area contributed by atoms with Gasteiger partial charge in [-0.3, -0.25) is 4.79 Å². The number of imidazole rings is 1. The quantitative estimate of drug-likeness (QED) is 0.466. The summed E-state index contributed by atoms with van der Waals surface area (Å²) in [6.07, 6.45) is -0.104. The highest BCUT2D eigenvalue weighted by Gasteiger charge is 2.21. The van der Waals surface area contributed by atoms with E-state index >= 15 is 0 Å². The first-order valence-electron chi connectivity index (χ1n) is 10.2. The molecule has 0 saturated carbocycles. The Morgan fingerprint density at radius 2 is 1.94 bits per heavy atom. The molecule has 8 nitrogen and oxygen atoms in total. The van der Waals surface area contributed by atoms with Crippen LogP contribution in [0.3, 0.4) is 0 Å². The highest BCUT2D eigenvalue weighted by Crippen LogP contribution is 2.36. The van der Waals surface area contributed by atoms with E-state index in [9.17, 15) is 9.59 Å². The number of aryl methyl sites for hydroxylation is 2. The summed E-state index contributed by atoms with van der Waals surface area (Å²) in [7, 11) is 4.91. The molecule has 1 amide bonds. The second kappa shape index (κ2) is 8.37. The van der Waals surface area contributed by atoms with E-state index in [1.165, 1.54) is 14.2 Å². The molecular weight excluding hydrogens is 410 g/mol.